The van der Waals surface area contributed by atoms with Crippen molar-refractivity contribution in [3.05, 3.63) is 91.0 Å². The summed E-state index contributed by atoms with van der Waals surface area (Å²) in [6, 6.07) is 33.5. The van der Waals surface area contributed by atoms with Crippen molar-refractivity contribution in [1.29, 1.82) is 0 Å². The Hall–Kier alpha value is -2.12. The molecule has 0 saturated carbocycles. The fourth-order valence-electron chi connectivity index (χ4n) is 5.13. The first-order chi connectivity index (χ1) is 17.4. The second kappa shape index (κ2) is 14.4. The van der Waals surface area contributed by atoms with Gasteiger partial charge in [-0.1, -0.05) is 135 Å². The molecule has 3 aromatic carbocycles. The van der Waals surface area contributed by atoms with Gasteiger partial charge in [-0.2, -0.15) is 0 Å². The predicted molar refractivity (Wildman–Crippen MR) is 153 cm³/mol. The molecule has 2 nitrogen and oxygen atoms in total. The van der Waals surface area contributed by atoms with Crippen LogP contribution in [0.15, 0.2) is 91.0 Å². The molecule has 0 radical (unpaired) electrons. The van der Waals surface area contributed by atoms with E-state index in [-0.39, 0.29) is 6.29 Å². The third kappa shape index (κ3) is 7.43. The first-order valence-corrected chi connectivity index (χ1v) is 15.4. The monoisotopic (exact) mass is 488 g/mol. The Morgan fingerprint density at radius 1 is 0.543 bits per heavy atom. The summed E-state index contributed by atoms with van der Waals surface area (Å²) in [6.45, 7) is -0.240. The largest absolute Gasteiger partial charge is 0.350 e. The van der Waals surface area contributed by atoms with Gasteiger partial charge < -0.3 is 9.47 Å². The lowest BCUT2D eigenvalue weighted by Crippen LogP contribution is -2.26. The minimum Gasteiger partial charge on any atom is -0.350 e. The summed E-state index contributed by atoms with van der Waals surface area (Å²) in [5.74, 6) is 2.68. The molecular weight excluding hydrogens is 447 g/mol. The van der Waals surface area contributed by atoms with Gasteiger partial charge in [0.2, 0.25) is 0 Å². The zero-order valence-corrected chi connectivity index (χ0v) is 22.0. The van der Waals surface area contributed by atoms with Gasteiger partial charge in [0.25, 0.3) is 0 Å². The second-order valence-corrected chi connectivity index (χ2v) is 12.8. The molecule has 1 heterocycles. The lowest BCUT2D eigenvalue weighted by atomic mass is 10.1. The predicted octanol–water partition coefficient (Wildman–Crippen LogP) is 7.06. The van der Waals surface area contributed by atoms with Crippen LogP contribution in [0.5, 0.6) is 0 Å². The van der Waals surface area contributed by atoms with Gasteiger partial charge in [0, 0.05) is 0 Å². The van der Waals surface area contributed by atoms with Crippen molar-refractivity contribution in [2.45, 2.75) is 70.5 Å². The van der Waals surface area contributed by atoms with Crippen molar-refractivity contribution in [3.63, 3.8) is 0 Å². The van der Waals surface area contributed by atoms with E-state index >= 15 is 0 Å². The van der Waals surface area contributed by atoms with E-state index < -0.39 is 6.89 Å². The van der Waals surface area contributed by atoms with Crippen LogP contribution in [0.25, 0.3) is 0 Å². The van der Waals surface area contributed by atoms with Crippen LogP contribution in [-0.4, -0.2) is 25.3 Å². The van der Waals surface area contributed by atoms with Gasteiger partial charge in [0.1, 0.15) is 0 Å². The van der Waals surface area contributed by atoms with Gasteiger partial charge in [-0.15, -0.1) is 0 Å². The molecule has 1 aliphatic heterocycles. The summed E-state index contributed by atoms with van der Waals surface area (Å²) in [4.78, 5) is 0. The Morgan fingerprint density at radius 2 is 0.943 bits per heavy atom. The van der Waals surface area contributed by atoms with Crippen LogP contribution in [-0.2, 0) is 9.47 Å². The highest BCUT2D eigenvalue weighted by Crippen LogP contribution is 2.44. The maximum atomic E-state index is 5.52. The first-order valence-electron chi connectivity index (χ1n) is 13.5. The summed E-state index contributed by atoms with van der Waals surface area (Å²) in [5, 5.41) is 4.35. The Bertz CT molecular complexity index is 908. The average Bonchev–Trinajstić information content (AvgIpc) is 3.45. The summed E-state index contributed by atoms with van der Waals surface area (Å²) in [6.07, 6.45) is 12.8. The van der Waals surface area contributed by atoms with E-state index in [1.165, 1.54) is 67.3 Å². The van der Waals surface area contributed by atoms with Gasteiger partial charge in [0.05, 0.1) is 13.2 Å². The molecule has 0 spiro atoms. The molecule has 1 fully saturated rings. The van der Waals surface area contributed by atoms with E-state index in [1.807, 2.05) is 0 Å². The quantitative estimate of drug-likeness (QED) is 0.179. The average molecular weight is 489 g/mol. The lowest BCUT2D eigenvalue weighted by Gasteiger charge is -2.29. The molecule has 4 rings (SSSR count). The molecule has 3 aromatic rings. The minimum absolute atomic E-state index is 0.0730. The van der Waals surface area contributed by atoms with Crippen LogP contribution in [0.1, 0.15) is 64.2 Å². The van der Waals surface area contributed by atoms with E-state index in [0.717, 1.165) is 26.1 Å². The van der Waals surface area contributed by atoms with Gasteiger partial charge >= 0.3 is 0 Å². The number of rotatable bonds is 14. The zero-order valence-electron chi connectivity index (χ0n) is 21.1. The number of unbranched alkanes of at least 4 members (excludes halogenated alkanes) is 8. The van der Waals surface area contributed by atoms with Crippen LogP contribution in [0.2, 0.25) is 0 Å². The summed E-state index contributed by atoms with van der Waals surface area (Å²) in [5.41, 5.74) is 0. The highest BCUT2D eigenvalue weighted by Gasteiger charge is 2.24. The van der Waals surface area contributed by atoms with Gasteiger partial charge in [-0.3, -0.25) is 0 Å². The molecule has 0 aromatic heterocycles. The third-order valence-electron chi connectivity index (χ3n) is 6.98. The summed E-state index contributed by atoms with van der Waals surface area (Å²) in [7, 11) is 0. The standard InChI is InChI=1S/C32H41O2P/c1(2-4-6-17-25-32-33-26-27-34-32)3-5-7-18-28-35(29-19-11-8-12-20-29,30-21-13-9-14-22-30)31-23-15-10-16-24-31/h8-16,19-24,28,32H,1-7,17-18,25-27H2. The van der Waals surface area contributed by atoms with Crippen molar-refractivity contribution < 1.29 is 9.47 Å². The van der Waals surface area contributed by atoms with Crippen LogP contribution in [0.4, 0.5) is 0 Å². The van der Waals surface area contributed by atoms with Crippen molar-refractivity contribution in [2.75, 3.05) is 13.2 Å². The Morgan fingerprint density at radius 3 is 1.40 bits per heavy atom. The Kier molecular flexibility index (Phi) is 10.7. The fourth-order valence-corrected chi connectivity index (χ4v) is 9.15. The van der Waals surface area contributed by atoms with Crippen LogP contribution in [0.3, 0.4) is 0 Å². The van der Waals surface area contributed by atoms with Crippen LogP contribution >= 0.6 is 6.89 Å². The van der Waals surface area contributed by atoms with Crippen molar-refractivity contribution in [3.8, 4) is 0 Å². The van der Waals surface area contributed by atoms with E-state index in [0.29, 0.717) is 0 Å². The van der Waals surface area contributed by atoms with E-state index in [2.05, 4.69) is 96.8 Å². The highest BCUT2D eigenvalue weighted by atomic mass is 31.2. The number of ether oxygens (including phenoxy) is 2. The molecule has 186 valence electrons. The number of benzene rings is 3. The van der Waals surface area contributed by atoms with Crippen molar-refractivity contribution in [2.24, 2.45) is 0 Å². The molecule has 0 amide bonds. The molecule has 0 unspecified atom stereocenters. The van der Waals surface area contributed by atoms with E-state index in [9.17, 15) is 0 Å². The molecule has 35 heavy (non-hydrogen) atoms. The maximum absolute atomic E-state index is 5.52. The molecule has 0 bridgehead atoms. The smallest absolute Gasteiger partial charge is 0.157 e. The normalized spacial score (nSPS) is 14.3. The molecule has 3 heteroatoms. The molecule has 0 atom stereocenters. The van der Waals surface area contributed by atoms with E-state index in [1.54, 1.807) is 0 Å². The van der Waals surface area contributed by atoms with Crippen molar-refractivity contribution in [1.82, 2.24) is 0 Å². The van der Waals surface area contributed by atoms with E-state index in [4.69, 9.17) is 9.47 Å². The summed E-state index contributed by atoms with van der Waals surface area (Å²) < 4.78 is 11.0. The fraction of sp³-hybridized carbons (Fsp3) is 0.406. The maximum Gasteiger partial charge on any atom is 0.157 e. The van der Waals surface area contributed by atoms with Gasteiger partial charge in [-0.25, -0.2) is 0 Å². The topological polar surface area (TPSA) is 18.5 Å². The molecule has 0 N–H and O–H groups in total. The number of hydrogen-bond acceptors (Lipinski definition) is 2. The third-order valence-corrected chi connectivity index (χ3v) is 11.1. The highest BCUT2D eigenvalue weighted by molar-refractivity contribution is 7.94. The number of hydrogen-bond donors (Lipinski definition) is 0. The molecule has 1 saturated heterocycles. The van der Waals surface area contributed by atoms with Gasteiger partial charge in [0.15, 0.2) is 6.29 Å². The van der Waals surface area contributed by atoms with Crippen molar-refractivity contribution >= 4 is 28.6 Å². The molecule has 1 aliphatic rings. The van der Waals surface area contributed by atoms with Gasteiger partial charge in [-0.05, 0) is 48.5 Å². The zero-order chi connectivity index (χ0) is 24.0. The molecule has 0 aliphatic carbocycles. The Labute approximate surface area is 212 Å². The molecular formula is C32H41O2P. The minimum atomic E-state index is -1.78. The Balaban J connectivity index is 1.33. The summed E-state index contributed by atoms with van der Waals surface area (Å²) >= 11 is 0. The lowest BCUT2D eigenvalue weighted by molar-refractivity contribution is -0.0480. The van der Waals surface area contributed by atoms with Crippen LogP contribution < -0.4 is 15.9 Å². The second-order valence-electron chi connectivity index (χ2n) is 9.49. The van der Waals surface area contributed by atoms with Crippen LogP contribution in [0, 0.1) is 0 Å². The first kappa shape index (κ1) is 26.0. The SMILES string of the molecule is C(CCCCCCCCCCC1OCCO1)=P(c1ccccc1)(c1ccccc1)c1ccccc1.